The van der Waals surface area contributed by atoms with Crippen molar-refractivity contribution < 1.29 is 19.1 Å². The third kappa shape index (κ3) is 3.62. The van der Waals surface area contributed by atoms with Crippen LogP contribution >= 0.6 is 0 Å². The van der Waals surface area contributed by atoms with Gasteiger partial charge in [0.2, 0.25) is 0 Å². The Hall–Kier alpha value is -2.56. The van der Waals surface area contributed by atoms with Gasteiger partial charge in [-0.3, -0.25) is 0 Å². The van der Waals surface area contributed by atoms with Gasteiger partial charge in [0.05, 0.1) is 13.7 Å². The van der Waals surface area contributed by atoms with Gasteiger partial charge in [-0.2, -0.15) is 0 Å². The monoisotopic (exact) mass is 315 g/mol. The highest BCUT2D eigenvalue weighted by Gasteiger charge is 2.19. The molecule has 2 aromatic rings. The Morgan fingerprint density at radius 1 is 1.26 bits per heavy atom. The number of ether oxygens (including phenoxy) is 2. The molecule has 0 N–H and O–H groups in total. The molecule has 0 bridgehead atoms. The first kappa shape index (κ1) is 16.8. The number of aryl methyl sites for hydroxylation is 1. The number of esters is 2. The summed E-state index contributed by atoms with van der Waals surface area (Å²) in [5, 5.41) is 0.882. The molecule has 0 spiro atoms. The molecule has 5 nitrogen and oxygen atoms in total. The second-order valence-electron chi connectivity index (χ2n) is 5.18. The van der Waals surface area contributed by atoms with E-state index in [2.05, 4.69) is 0 Å². The van der Waals surface area contributed by atoms with Crippen LogP contribution in [0.2, 0.25) is 0 Å². The second-order valence-corrected chi connectivity index (χ2v) is 5.18. The fourth-order valence-electron chi connectivity index (χ4n) is 2.45. The normalized spacial score (nSPS) is 11.1. The third-order valence-corrected chi connectivity index (χ3v) is 3.65. The van der Waals surface area contributed by atoms with Gasteiger partial charge in [0.25, 0.3) is 0 Å². The van der Waals surface area contributed by atoms with Gasteiger partial charge in [0.1, 0.15) is 5.69 Å². The summed E-state index contributed by atoms with van der Waals surface area (Å²) in [7, 11) is 3.14. The maximum atomic E-state index is 12.1. The zero-order chi connectivity index (χ0) is 16.8. The predicted octanol–water partition coefficient (Wildman–Crippen LogP) is 3.32. The van der Waals surface area contributed by atoms with Crippen molar-refractivity contribution in [2.24, 2.45) is 7.05 Å². The molecule has 0 fully saturated rings. The smallest absolute Gasteiger partial charge is 0.355 e. The zero-order valence-electron chi connectivity index (χ0n) is 13.7. The minimum absolute atomic E-state index is 0.402. The summed E-state index contributed by atoms with van der Waals surface area (Å²) < 4.78 is 11.7. The number of para-hydroxylation sites is 1. The van der Waals surface area contributed by atoms with Gasteiger partial charge in [-0.15, -0.1) is 0 Å². The average molecular weight is 315 g/mol. The summed E-state index contributed by atoms with van der Waals surface area (Å²) in [5.74, 6) is -0.857. The van der Waals surface area contributed by atoms with Gasteiger partial charge >= 0.3 is 11.9 Å². The zero-order valence-corrected chi connectivity index (χ0v) is 13.7. The van der Waals surface area contributed by atoms with E-state index < -0.39 is 11.9 Å². The summed E-state index contributed by atoms with van der Waals surface area (Å²) >= 11 is 0. The van der Waals surface area contributed by atoms with Crippen LogP contribution in [0.25, 0.3) is 17.0 Å². The van der Waals surface area contributed by atoms with Crippen molar-refractivity contribution in [2.45, 2.75) is 19.8 Å². The number of aromatic nitrogens is 1. The second kappa shape index (κ2) is 7.63. The lowest BCUT2D eigenvalue weighted by Gasteiger charge is -2.03. The van der Waals surface area contributed by atoms with E-state index in [-0.39, 0.29) is 0 Å². The van der Waals surface area contributed by atoms with Crippen molar-refractivity contribution in [3.8, 4) is 0 Å². The summed E-state index contributed by atoms with van der Waals surface area (Å²) in [5.41, 5.74) is 1.96. The fourth-order valence-corrected chi connectivity index (χ4v) is 2.45. The summed E-state index contributed by atoms with van der Waals surface area (Å²) in [4.78, 5) is 23.8. The molecule has 1 heterocycles. The Bertz CT molecular complexity index is 743. The van der Waals surface area contributed by atoms with E-state index in [9.17, 15) is 9.59 Å². The lowest BCUT2D eigenvalue weighted by atomic mass is 10.1. The number of carbonyl (C=O) groups excluding carboxylic acids is 2. The molecule has 23 heavy (non-hydrogen) atoms. The summed E-state index contributed by atoms with van der Waals surface area (Å²) in [6.07, 6.45) is 4.76. The fraction of sp³-hybridized carbons (Fsp3) is 0.333. The average Bonchev–Trinajstić information content (AvgIpc) is 2.85. The van der Waals surface area contributed by atoms with Crippen molar-refractivity contribution >= 4 is 28.9 Å². The molecule has 0 aliphatic heterocycles. The van der Waals surface area contributed by atoms with Gasteiger partial charge in [0, 0.05) is 29.6 Å². The lowest BCUT2D eigenvalue weighted by Crippen LogP contribution is -2.09. The maximum Gasteiger partial charge on any atom is 0.355 e. The number of hydrogen-bond donors (Lipinski definition) is 0. The van der Waals surface area contributed by atoms with E-state index in [1.807, 2.05) is 31.2 Å². The lowest BCUT2D eigenvalue weighted by molar-refractivity contribution is -0.137. The van der Waals surface area contributed by atoms with Crippen LogP contribution in [-0.2, 0) is 21.3 Å². The van der Waals surface area contributed by atoms with E-state index in [1.165, 1.54) is 13.2 Å². The molecule has 0 aliphatic rings. The van der Waals surface area contributed by atoms with E-state index in [4.69, 9.17) is 9.47 Å². The molecule has 1 aromatic carbocycles. The molecule has 0 aliphatic carbocycles. The molecule has 0 saturated heterocycles. The van der Waals surface area contributed by atoms with Crippen molar-refractivity contribution in [3.05, 3.63) is 41.6 Å². The molecule has 122 valence electrons. The number of methoxy groups -OCH3 is 1. The molecule has 1 aromatic heterocycles. The Labute approximate surface area is 135 Å². The van der Waals surface area contributed by atoms with E-state index in [0.717, 1.165) is 23.7 Å². The number of unbranched alkanes of at least 4 members (excludes halogenated alkanes) is 1. The quantitative estimate of drug-likeness (QED) is 0.466. The highest BCUT2D eigenvalue weighted by Crippen LogP contribution is 2.27. The Morgan fingerprint density at radius 3 is 2.70 bits per heavy atom. The maximum absolute atomic E-state index is 12.1. The number of carbonyl (C=O) groups is 2. The molecule has 5 heteroatoms. The van der Waals surface area contributed by atoms with Crippen LogP contribution in [0, 0.1) is 0 Å². The first-order chi connectivity index (χ1) is 11.1. The molecule has 2 rings (SSSR count). The van der Waals surface area contributed by atoms with Gasteiger partial charge in [-0.05, 0) is 18.6 Å². The van der Waals surface area contributed by atoms with Crippen LogP contribution in [0.3, 0.4) is 0 Å². The van der Waals surface area contributed by atoms with Gasteiger partial charge in [-0.1, -0.05) is 31.5 Å². The van der Waals surface area contributed by atoms with Crippen molar-refractivity contribution in [1.82, 2.24) is 4.57 Å². The van der Waals surface area contributed by atoms with Crippen molar-refractivity contribution in [1.29, 1.82) is 0 Å². The number of hydrogen-bond acceptors (Lipinski definition) is 4. The minimum Gasteiger partial charge on any atom is -0.464 e. The largest absolute Gasteiger partial charge is 0.464 e. The van der Waals surface area contributed by atoms with Gasteiger partial charge in [0.15, 0.2) is 0 Å². The minimum atomic E-state index is -0.442. The molecule has 0 saturated carbocycles. The number of rotatable bonds is 6. The molecule has 0 amide bonds. The van der Waals surface area contributed by atoms with Crippen molar-refractivity contribution in [2.75, 3.05) is 13.7 Å². The van der Waals surface area contributed by atoms with E-state index >= 15 is 0 Å². The highest BCUT2D eigenvalue weighted by molar-refractivity contribution is 6.04. The topological polar surface area (TPSA) is 57.5 Å². The van der Waals surface area contributed by atoms with Crippen LogP contribution < -0.4 is 0 Å². The van der Waals surface area contributed by atoms with Gasteiger partial charge in [-0.25, -0.2) is 9.59 Å². The summed E-state index contributed by atoms with van der Waals surface area (Å²) in [6.45, 7) is 2.43. The first-order valence-corrected chi connectivity index (χ1v) is 7.60. The van der Waals surface area contributed by atoms with Crippen molar-refractivity contribution in [3.63, 3.8) is 0 Å². The van der Waals surface area contributed by atoms with Crippen LogP contribution in [0.4, 0.5) is 0 Å². The van der Waals surface area contributed by atoms with Crippen LogP contribution in [0.15, 0.2) is 30.3 Å². The Kier molecular flexibility index (Phi) is 5.57. The van der Waals surface area contributed by atoms with Crippen LogP contribution in [-0.4, -0.2) is 30.2 Å². The molecule has 0 unspecified atom stereocenters. The summed E-state index contributed by atoms with van der Waals surface area (Å²) in [6, 6.07) is 7.61. The molecular formula is C18H21NO4. The molecular weight excluding hydrogens is 294 g/mol. The highest BCUT2D eigenvalue weighted by atomic mass is 16.5. The van der Waals surface area contributed by atoms with Crippen LogP contribution in [0.5, 0.6) is 0 Å². The number of nitrogens with zero attached hydrogens (tertiary/aromatic N) is 1. The SMILES string of the molecule is CCCCOC(=O)/C=C/c1c(C(=O)OC)n(C)c2ccccc12. The number of benzene rings is 1. The standard InChI is InChI=1S/C18H21NO4/c1-4-5-12-23-16(20)11-10-14-13-8-6-7-9-15(13)19(2)17(14)18(21)22-3/h6-11H,4-5,12H2,1-3H3/b11-10+. The predicted molar refractivity (Wildman–Crippen MR) is 89.2 cm³/mol. The molecule has 0 radical (unpaired) electrons. The molecule has 0 atom stereocenters. The van der Waals surface area contributed by atoms with Gasteiger partial charge < -0.3 is 14.0 Å². The van der Waals surface area contributed by atoms with Crippen LogP contribution in [0.1, 0.15) is 35.8 Å². The third-order valence-electron chi connectivity index (χ3n) is 3.65. The Morgan fingerprint density at radius 2 is 2.00 bits per heavy atom. The Balaban J connectivity index is 2.38. The number of fused-ring (bicyclic) bond motifs is 1. The van der Waals surface area contributed by atoms with E-state index in [1.54, 1.807) is 17.7 Å². The van der Waals surface area contributed by atoms with E-state index in [0.29, 0.717) is 17.9 Å². The first-order valence-electron chi connectivity index (χ1n) is 7.60.